The first kappa shape index (κ1) is 12.4. The Balaban J connectivity index is 2.72. The predicted octanol–water partition coefficient (Wildman–Crippen LogP) is -1.90. The van der Waals surface area contributed by atoms with Crippen molar-refractivity contribution in [3.63, 3.8) is 0 Å². The van der Waals surface area contributed by atoms with Gasteiger partial charge in [0.05, 0.1) is 11.5 Å². The Morgan fingerprint density at radius 1 is 1.27 bits per heavy atom. The maximum Gasteiger partial charge on any atom is 0.303 e. The van der Waals surface area contributed by atoms with Crippen LogP contribution in [0.5, 0.6) is 0 Å². The summed E-state index contributed by atoms with van der Waals surface area (Å²) in [5.74, 6) is -1.10. The Labute approximate surface area is 88.6 Å². The minimum absolute atomic E-state index is 0.106. The van der Waals surface area contributed by atoms with Gasteiger partial charge in [0.1, 0.15) is 0 Å². The van der Waals surface area contributed by atoms with Crippen LogP contribution in [0.2, 0.25) is 0 Å². The molecule has 1 N–H and O–H groups in total. The molecule has 0 atom stereocenters. The van der Waals surface area contributed by atoms with Crippen molar-refractivity contribution in [1.29, 1.82) is 0 Å². The van der Waals surface area contributed by atoms with Gasteiger partial charge in [0, 0.05) is 20.0 Å². The zero-order valence-corrected chi connectivity index (χ0v) is 9.77. The molecular formula is C6H12N2O5S2. The molecule has 0 aromatic heterocycles. The van der Waals surface area contributed by atoms with Crippen molar-refractivity contribution in [2.75, 3.05) is 24.6 Å². The quantitative estimate of drug-likeness (QED) is 0.622. The number of hydrogen-bond donors (Lipinski definition) is 1. The van der Waals surface area contributed by atoms with Crippen molar-refractivity contribution in [3.8, 4) is 0 Å². The Hall–Kier alpha value is -0.670. The molecule has 9 heteroatoms. The molecule has 1 rings (SSSR count). The number of rotatable bonds is 2. The van der Waals surface area contributed by atoms with Gasteiger partial charge < -0.3 is 0 Å². The summed E-state index contributed by atoms with van der Waals surface area (Å²) in [6.07, 6.45) is 0. The van der Waals surface area contributed by atoms with E-state index >= 15 is 0 Å². The van der Waals surface area contributed by atoms with Crippen LogP contribution in [-0.4, -0.2) is 51.6 Å². The van der Waals surface area contributed by atoms with E-state index in [1.54, 1.807) is 4.72 Å². The van der Waals surface area contributed by atoms with Gasteiger partial charge in [-0.2, -0.15) is 12.7 Å². The molecule has 1 heterocycles. The maximum atomic E-state index is 11.4. The summed E-state index contributed by atoms with van der Waals surface area (Å²) in [5, 5.41) is 0. The minimum Gasteiger partial charge on any atom is -0.274 e. The van der Waals surface area contributed by atoms with E-state index in [0.717, 1.165) is 11.2 Å². The first-order chi connectivity index (χ1) is 6.73. The van der Waals surface area contributed by atoms with Gasteiger partial charge in [-0.15, -0.1) is 0 Å². The van der Waals surface area contributed by atoms with Crippen molar-refractivity contribution < 1.29 is 21.6 Å². The smallest absolute Gasteiger partial charge is 0.274 e. The lowest BCUT2D eigenvalue weighted by atomic mass is 10.6. The summed E-state index contributed by atoms with van der Waals surface area (Å²) in [6.45, 7) is 0.869. The first-order valence-corrected chi connectivity index (χ1v) is 7.48. The van der Waals surface area contributed by atoms with Gasteiger partial charge in [-0.3, -0.25) is 4.79 Å². The second kappa shape index (κ2) is 4.06. The molecule has 0 spiro atoms. The summed E-state index contributed by atoms with van der Waals surface area (Å²) < 4.78 is 47.6. The highest BCUT2D eigenvalue weighted by Crippen LogP contribution is 2.07. The summed E-state index contributed by atoms with van der Waals surface area (Å²) in [7, 11) is -6.99. The van der Waals surface area contributed by atoms with E-state index in [2.05, 4.69) is 0 Å². The van der Waals surface area contributed by atoms with Crippen molar-refractivity contribution in [1.82, 2.24) is 9.03 Å². The Morgan fingerprint density at radius 3 is 2.13 bits per heavy atom. The number of nitrogens with zero attached hydrogens (tertiary/aromatic N) is 1. The molecule has 0 radical (unpaired) electrons. The van der Waals surface area contributed by atoms with Gasteiger partial charge in [-0.25, -0.2) is 13.1 Å². The van der Waals surface area contributed by atoms with Crippen LogP contribution in [0.15, 0.2) is 0 Å². The van der Waals surface area contributed by atoms with Crippen LogP contribution in [0.25, 0.3) is 0 Å². The number of carbonyl (C=O) groups is 1. The SMILES string of the molecule is CC(=O)NS(=O)(=O)N1CCS(=O)(=O)CC1. The molecule has 0 aliphatic carbocycles. The van der Waals surface area contributed by atoms with Crippen molar-refractivity contribution in [2.24, 2.45) is 0 Å². The topological polar surface area (TPSA) is 101 Å². The van der Waals surface area contributed by atoms with Crippen molar-refractivity contribution in [3.05, 3.63) is 0 Å². The van der Waals surface area contributed by atoms with Gasteiger partial charge in [0.2, 0.25) is 5.91 Å². The van der Waals surface area contributed by atoms with E-state index in [4.69, 9.17) is 0 Å². The summed E-state index contributed by atoms with van der Waals surface area (Å²) in [5.41, 5.74) is 0. The van der Waals surface area contributed by atoms with Gasteiger partial charge in [-0.05, 0) is 0 Å². The third kappa shape index (κ3) is 3.43. The van der Waals surface area contributed by atoms with E-state index in [1.165, 1.54) is 0 Å². The maximum absolute atomic E-state index is 11.4. The lowest BCUT2D eigenvalue weighted by Crippen LogP contribution is -2.49. The average Bonchev–Trinajstić information content (AvgIpc) is 2.00. The molecular weight excluding hydrogens is 244 g/mol. The molecule has 0 bridgehead atoms. The van der Waals surface area contributed by atoms with Crippen LogP contribution in [0.1, 0.15) is 6.92 Å². The normalized spacial score (nSPS) is 22.2. The minimum atomic E-state index is -3.86. The van der Waals surface area contributed by atoms with Crippen LogP contribution < -0.4 is 4.72 Å². The number of amides is 1. The van der Waals surface area contributed by atoms with Gasteiger partial charge in [-0.1, -0.05) is 0 Å². The third-order valence-corrected chi connectivity index (χ3v) is 5.12. The Morgan fingerprint density at radius 2 is 1.73 bits per heavy atom. The van der Waals surface area contributed by atoms with E-state index in [0.29, 0.717) is 0 Å². The zero-order chi connectivity index (χ0) is 11.7. The highest BCUT2D eigenvalue weighted by atomic mass is 32.2. The van der Waals surface area contributed by atoms with Crippen molar-refractivity contribution in [2.45, 2.75) is 6.92 Å². The van der Waals surface area contributed by atoms with Crippen LogP contribution >= 0.6 is 0 Å². The number of nitrogens with one attached hydrogen (secondary N) is 1. The average molecular weight is 256 g/mol. The molecule has 0 unspecified atom stereocenters. The summed E-state index contributed by atoms with van der Waals surface area (Å²) in [6, 6.07) is 0. The summed E-state index contributed by atoms with van der Waals surface area (Å²) >= 11 is 0. The van der Waals surface area contributed by atoms with E-state index in [9.17, 15) is 21.6 Å². The summed E-state index contributed by atoms with van der Waals surface area (Å²) in [4.78, 5) is 10.6. The standard InChI is InChI=1S/C6H12N2O5S2/c1-6(9)7-15(12,13)8-2-4-14(10,11)5-3-8/h2-5H2,1H3,(H,7,9). The van der Waals surface area contributed by atoms with Gasteiger partial charge >= 0.3 is 10.2 Å². The Bertz CT molecular complexity index is 438. The predicted molar refractivity (Wildman–Crippen MR) is 53.0 cm³/mol. The number of hydrogen-bond acceptors (Lipinski definition) is 5. The molecule has 0 saturated carbocycles. The Kier molecular flexibility index (Phi) is 3.36. The molecule has 0 aromatic rings. The molecule has 1 aliphatic rings. The fraction of sp³-hybridized carbons (Fsp3) is 0.833. The number of carbonyl (C=O) groups excluding carboxylic acids is 1. The fourth-order valence-electron chi connectivity index (χ4n) is 1.18. The van der Waals surface area contributed by atoms with Crippen molar-refractivity contribution >= 4 is 26.0 Å². The second-order valence-electron chi connectivity index (χ2n) is 3.21. The first-order valence-electron chi connectivity index (χ1n) is 4.22. The molecule has 1 saturated heterocycles. The zero-order valence-electron chi connectivity index (χ0n) is 8.13. The largest absolute Gasteiger partial charge is 0.303 e. The highest BCUT2D eigenvalue weighted by molar-refractivity contribution is 7.92. The molecule has 7 nitrogen and oxygen atoms in total. The molecule has 88 valence electrons. The highest BCUT2D eigenvalue weighted by Gasteiger charge is 2.30. The van der Waals surface area contributed by atoms with E-state index in [-0.39, 0.29) is 24.6 Å². The molecule has 15 heavy (non-hydrogen) atoms. The molecule has 1 aliphatic heterocycles. The fourth-order valence-corrected chi connectivity index (χ4v) is 3.77. The third-order valence-electron chi connectivity index (χ3n) is 1.92. The van der Waals surface area contributed by atoms with Crippen LogP contribution in [0, 0.1) is 0 Å². The van der Waals surface area contributed by atoms with Crippen LogP contribution in [0.3, 0.4) is 0 Å². The van der Waals surface area contributed by atoms with E-state index in [1.807, 2.05) is 0 Å². The lowest BCUT2D eigenvalue weighted by molar-refractivity contribution is -0.117. The van der Waals surface area contributed by atoms with E-state index < -0.39 is 26.0 Å². The molecule has 1 fully saturated rings. The van der Waals surface area contributed by atoms with Gasteiger partial charge in [0.25, 0.3) is 0 Å². The van der Waals surface area contributed by atoms with Gasteiger partial charge in [0.15, 0.2) is 9.84 Å². The van der Waals surface area contributed by atoms with Crippen LogP contribution in [0.4, 0.5) is 0 Å². The second-order valence-corrected chi connectivity index (χ2v) is 7.19. The monoisotopic (exact) mass is 256 g/mol. The molecule has 0 aromatic carbocycles. The lowest BCUT2D eigenvalue weighted by Gasteiger charge is -2.25. The molecule has 1 amide bonds. The van der Waals surface area contributed by atoms with Crippen LogP contribution in [-0.2, 0) is 24.8 Å². The number of sulfone groups is 1.